The van der Waals surface area contributed by atoms with Crippen molar-refractivity contribution in [3.05, 3.63) is 18.0 Å². The number of hydrogen-bond acceptors (Lipinski definition) is 4. The van der Waals surface area contributed by atoms with Crippen LogP contribution < -0.4 is 5.32 Å². The molecule has 1 aromatic rings. The first-order valence-electron chi connectivity index (χ1n) is 7.02. The van der Waals surface area contributed by atoms with Gasteiger partial charge in [-0.05, 0) is 12.8 Å². The van der Waals surface area contributed by atoms with Crippen LogP contribution in [0.25, 0.3) is 0 Å². The minimum Gasteiger partial charge on any atom is -0.382 e. The molecule has 1 aromatic heterocycles. The lowest BCUT2D eigenvalue weighted by Crippen LogP contribution is -2.48. The molecule has 0 radical (unpaired) electrons. The van der Waals surface area contributed by atoms with Crippen molar-refractivity contribution in [1.82, 2.24) is 20.0 Å². The molecular formula is C13H19F3N4O2. The Balaban J connectivity index is 1.76. The van der Waals surface area contributed by atoms with Crippen molar-refractivity contribution >= 4 is 5.91 Å². The molecule has 0 spiro atoms. The highest BCUT2D eigenvalue weighted by atomic mass is 19.4. The van der Waals surface area contributed by atoms with Crippen LogP contribution in [0.15, 0.2) is 12.4 Å². The molecule has 1 amide bonds. The number of amides is 1. The SMILES string of the molecule is Cn1cc(C(=O)NC2CCN(CC(O)C(F)(F)F)CC2)cn1. The maximum absolute atomic E-state index is 12.3. The molecule has 0 aliphatic carbocycles. The fourth-order valence-corrected chi connectivity index (χ4v) is 2.42. The lowest BCUT2D eigenvalue weighted by molar-refractivity contribution is -0.208. The first-order chi connectivity index (χ1) is 10.3. The number of carbonyl (C=O) groups is 1. The molecule has 0 aromatic carbocycles. The quantitative estimate of drug-likeness (QED) is 0.849. The zero-order chi connectivity index (χ0) is 16.3. The largest absolute Gasteiger partial charge is 0.415 e. The van der Waals surface area contributed by atoms with Gasteiger partial charge in [-0.15, -0.1) is 0 Å². The number of likely N-dealkylation sites (tertiary alicyclic amines) is 1. The van der Waals surface area contributed by atoms with Gasteiger partial charge in [-0.2, -0.15) is 18.3 Å². The number of piperidine rings is 1. The third-order valence-electron chi connectivity index (χ3n) is 3.70. The van der Waals surface area contributed by atoms with Gasteiger partial charge in [0.2, 0.25) is 0 Å². The molecule has 1 atom stereocenters. The van der Waals surface area contributed by atoms with Gasteiger partial charge in [0.1, 0.15) is 0 Å². The number of hydrogen-bond donors (Lipinski definition) is 2. The normalized spacial score (nSPS) is 19.1. The second-order valence-electron chi connectivity index (χ2n) is 5.51. The summed E-state index contributed by atoms with van der Waals surface area (Å²) in [5, 5.41) is 15.8. The molecular weight excluding hydrogens is 301 g/mol. The van der Waals surface area contributed by atoms with Crippen LogP contribution in [-0.4, -0.2) is 63.7 Å². The summed E-state index contributed by atoms with van der Waals surface area (Å²) >= 11 is 0. The van der Waals surface area contributed by atoms with Crippen molar-refractivity contribution in [2.75, 3.05) is 19.6 Å². The molecule has 1 aliphatic rings. The number of aromatic nitrogens is 2. The monoisotopic (exact) mass is 320 g/mol. The number of alkyl halides is 3. The average Bonchev–Trinajstić information content (AvgIpc) is 2.86. The lowest BCUT2D eigenvalue weighted by Gasteiger charge is -2.33. The van der Waals surface area contributed by atoms with E-state index in [0.717, 1.165) is 0 Å². The lowest BCUT2D eigenvalue weighted by atomic mass is 10.0. The van der Waals surface area contributed by atoms with E-state index in [0.29, 0.717) is 31.5 Å². The Morgan fingerprint density at radius 3 is 2.64 bits per heavy atom. The van der Waals surface area contributed by atoms with Crippen LogP contribution in [0.3, 0.4) is 0 Å². The summed E-state index contributed by atoms with van der Waals surface area (Å²) < 4.78 is 38.4. The number of nitrogens with zero attached hydrogens (tertiary/aromatic N) is 3. The summed E-state index contributed by atoms with van der Waals surface area (Å²) in [4.78, 5) is 13.5. The number of halogens is 3. The van der Waals surface area contributed by atoms with Crippen LogP contribution in [0.1, 0.15) is 23.2 Å². The Bertz CT molecular complexity index is 510. The number of carbonyl (C=O) groups excluding carboxylic acids is 1. The topological polar surface area (TPSA) is 70.4 Å². The number of β-amino-alcohol motifs (C(OH)–C–C–N with tert-alkyl or cyclic N) is 1. The third-order valence-corrected chi connectivity index (χ3v) is 3.70. The molecule has 1 saturated heterocycles. The van der Waals surface area contributed by atoms with Gasteiger partial charge in [0.05, 0.1) is 11.8 Å². The molecule has 2 heterocycles. The second-order valence-corrected chi connectivity index (χ2v) is 5.51. The zero-order valence-corrected chi connectivity index (χ0v) is 12.2. The summed E-state index contributed by atoms with van der Waals surface area (Å²) in [5.41, 5.74) is 0.456. The molecule has 22 heavy (non-hydrogen) atoms. The van der Waals surface area contributed by atoms with Crippen molar-refractivity contribution in [2.24, 2.45) is 7.05 Å². The van der Waals surface area contributed by atoms with E-state index in [-0.39, 0.29) is 11.9 Å². The van der Waals surface area contributed by atoms with Crippen molar-refractivity contribution < 1.29 is 23.1 Å². The summed E-state index contributed by atoms with van der Waals surface area (Å²) in [7, 11) is 1.71. The molecule has 9 heteroatoms. The smallest absolute Gasteiger partial charge is 0.382 e. The van der Waals surface area contributed by atoms with Crippen LogP contribution in [-0.2, 0) is 7.05 Å². The summed E-state index contributed by atoms with van der Waals surface area (Å²) in [6.07, 6.45) is -2.75. The zero-order valence-electron chi connectivity index (χ0n) is 12.2. The van der Waals surface area contributed by atoms with Gasteiger partial charge in [-0.1, -0.05) is 0 Å². The molecule has 1 aliphatic heterocycles. The molecule has 2 N–H and O–H groups in total. The van der Waals surface area contributed by atoms with E-state index in [9.17, 15) is 18.0 Å². The van der Waals surface area contributed by atoms with Crippen LogP contribution >= 0.6 is 0 Å². The number of nitrogens with one attached hydrogen (secondary N) is 1. The number of aliphatic hydroxyl groups excluding tert-OH is 1. The first-order valence-corrected chi connectivity index (χ1v) is 7.02. The van der Waals surface area contributed by atoms with E-state index in [4.69, 9.17) is 5.11 Å². The number of rotatable bonds is 4. The molecule has 1 unspecified atom stereocenters. The van der Waals surface area contributed by atoms with E-state index in [1.807, 2.05) is 0 Å². The number of aryl methyl sites for hydroxylation is 1. The van der Waals surface area contributed by atoms with Crippen molar-refractivity contribution in [2.45, 2.75) is 31.2 Å². The number of aliphatic hydroxyl groups is 1. The summed E-state index contributed by atoms with van der Waals surface area (Å²) in [5.74, 6) is -0.234. The third kappa shape index (κ3) is 4.44. The maximum Gasteiger partial charge on any atom is 0.415 e. The highest BCUT2D eigenvalue weighted by Crippen LogP contribution is 2.22. The molecule has 1 fully saturated rings. The maximum atomic E-state index is 12.3. The Labute approximate surface area is 125 Å². The Hall–Kier alpha value is -1.61. The van der Waals surface area contributed by atoms with Crippen LogP contribution in [0.5, 0.6) is 0 Å². The van der Waals surface area contributed by atoms with Crippen molar-refractivity contribution in [1.29, 1.82) is 0 Å². The van der Waals surface area contributed by atoms with Gasteiger partial charge in [0.15, 0.2) is 6.10 Å². The molecule has 2 rings (SSSR count). The molecule has 6 nitrogen and oxygen atoms in total. The van der Waals surface area contributed by atoms with Gasteiger partial charge in [-0.3, -0.25) is 9.48 Å². The predicted molar refractivity (Wildman–Crippen MR) is 72.2 cm³/mol. The van der Waals surface area contributed by atoms with Gasteiger partial charge < -0.3 is 15.3 Å². The summed E-state index contributed by atoms with van der Waals surface area (Å²) in [6, 6.07) is -0.0769. The Morgan fingerprint density at radius 2 is 2.14 bits per heavy atom. The Kier molecular flexibility index (Phi) is 5.07. The minimum absolute atomic E-state index is 0.0769. The van der Waals surface area contributed by atoms with Crippen molar-refractivity contribution in [3.63, 3.8) is 0 Å². The van der Waals surface area contributed by atoms with Crippen LogP contribution in [0, 0.1) is 0 Å². The predicted octanol–water partition coefficient (Wildman–Crippen LogP) is 0.537. The van der Waals surface area contributed by atoms with E-state index < -0.39 is 18.8 Å². The standard InChI is InChI=1S/C13H19F3N4O2/c1-19-7-9(6-17-19)12(22)18-10-2-4-20(5-3-10)8-11(21)13(14,15)16/h6-7,10-11,21H,2-5,8H2,1H3,(H,18,22). The van der Waals surface area contributed by atoms with Crippen LogP contribution in [0.2, 0.25) is 0 Å². The van der Waals surface area contributed by atoms with E-state index in [2.05, 4.69) is 10.4 Å². The van der Waals surface area contributed by atoms with Gasteiger partial charge >= 0.3 is 6.18 Å². The van der Waals surface area contributed by atoms with Gasteiger partial charge in [0.25, 0.3) is 5.91 Å². The van der Waals surface area contributed by atoms with Gasteiger partial charge in [0, 0.05) is 38.9 Å². The average molecular weight is 320 g/mol. The van der Waals surface area contributed by atoms with Crippen LogP contribution in [0.4, 0.5) is 13.2 Å². The summed E-state index contributed by atoms with van der Waals surface area (Å²) in [6.45, 7) is 0.392. The first kappa shape index (κ1) is 16.8. The van der Waals surface area contributed by atoms with E-state index in [1.165, 1.54) is 10.9 Å². The fraction of sp³-hybridized carbons (Fsp3) is 0.692. The fourth-order valence-electron chi connectivity index (χ4n) is 2.42. The van der Waals surface area contributed by atoms with E-state index in [1.54, 1.807) is 18.1 Å². The van der Waals surface area contributed by atoms with Gasteiger partial charge in [-0.25, -0.2) is 0 Å². The molecule has 124 valence electrons. The highest BCUT2D eigenvalue weighted by Gasteiger charge is 2.39. The minimum atomic E-state index is -4.59. The molecule has 0 bridgehead atoms. The molecule has 0 saturated carbocycles. The second kappa shape index (κ2) is 6.66. The highest BCUT2D eigenvalue weighted by molar-refractivity contribution is 5.93. The van der Waals surface area contributed by atoms with Crippen molar-refractivity contribution in [3.8, 4) is 0 Å². The Morgan fingerprint density at radius 1 is 1.50 bits per heavy atom. The van der Waals surface area contributed by atoms with E-state index >= 15 is 0 Å².